The summed E-state index contributed by atoms with van der Waals surface area (Å²) < 4.78 is 12.6. The maximum Gasteiger partial charge on any atom is 0.224 e. The number of amides is 1. The van der Waals surface area contributed by atoms with Gasteiger partial charge in [0.15, 0.2) is 0 Å². The van der Waals surface area contributed by atoms with Gasteiger partial charge in [-0.3, -0.25) is 4.79 Å². The number of rotatable bonds is 6. The molecule has 4 heteroatoms. The molecule has 0 heterocycles. The largest absolute Gasteiger partial charge is 0.356 e. The van der Waals surface area contributed by atoms with Gasteiger partial charge in [0, 0.05) is 12.4 Å². The fourth-order valence-electron chi connectivity index (χ4n) is 1.30. The van der Waals surface area contributed by atoms with Crippen LogP contribution < -0.4 is 5.32 Å². The summed E-state index contributed by atoms with van der Waals surface area (Å²) >= 11 is 5.51. The van der Waals surface area contributed by atoms with Crippen LogP contribution in [0.15, 0.2) is 24.3 Å². The van der Waals surface area contributed by atoms with Crippen LogP contribution in [0.3, 0.4) is 0 Å². The van der Waals surface area contributed by atoms with E-state index in [2.05, 4.69) is 5.32 Å². The third-order valence-electron chi connectivity index (χ3n) is 2.16. The van der Waals surface area contributed by atoms with E-state index >= 15 is 0 Å². The molecule has 1 amide bonds. The van der Waals surface area contributed by atoms with Crippen LogP contribution >= 0.6 is 11.6 Å². The molecule has 1 aromatic carbocycles. The molecule has 0 aliphatic carbocycles. The number of unbranched alkanes of at least 4 members (excludes halogenated alkanes) is 1. The number of nitrogens with one attached hydrogen (secondary N) is 1. The van der Waals surface area contributed by atoms with Crippen molar-refractivity contribution in [1.29, 1.82) is 0 Å². The molecular formula is C12H15ClFNO. The first-order chi connectivity index (χ1) is 7.72. The van der Waals surface area contributed by atoms with Crippen molar-refractivity contribution in [2.24, 2.45) is 0 Å². The lowest BCUT2D eigenvalue weighted by Crippen LogP contribution is -2.26. The van der Waals surface area contributed by atoms with Gasteiger partial charge < -0.3 is 5.32 Å². The molecule has 0 aliphatic heterocycles. The van der Waals surface area contributed by atoms with Crippen LogP contribution in [0.25, 0.3) is 0 Å². The fraction of sp³-hybridized carbons (Fsp3) is 0.417. The maximum atomic E-state index is 12.6. The van der Waals surface area contributed by atoms with E-state index in [1.165, 1.54) is 12.1 Å². The first-order valence-electron chi connectivity index (χ1n) is 5.29. The van der Waals surface area contributed by atoms with Gasteiger partial charge in [0.1, 0.15) is 5.82 Å². The minimum atomic E-state index is -0.286. The molecule has 1 aromatic rings. The molecule has 1 N–H and O–H groups in total. The van der Waals surface area contributed by atoms with Gasteiger partial charge >= 0.3 is 0 Å². The molecule has 0 fully saturated rings. The van der Waals surface area contributed by atoms with E-state index in [0.29, 0.717) is 18.8 Å². The number of hydrogen-bond donors (Lipinski definition) is 1. The van der Waals surface area contributed by atoms with E-state index in [-0.39, 0.29) is 11.7 Å². The summed E-state index contributed by atoms with van der Waals surface area (Å²) in [6.45, 7) is 0.646. The van der Waals surface area contributed by atoms with E-state index in [9.17, 15) is 9.18 Å². The lowest BCUT2D eigenvalue weighted by atomic mass is 10.1. The highest BCUT2D eigenvalue weighted by atomic mass is 35.5. The van der Waals surface area contributed by atoms with E-state index in [1.54, 1.807) is 12.1 Å². The molecule has 0 radical (unpaired) electrons. The van der Waals surface area contributed by atoms with Crippen LogP contribution in [0, 0.1) is 5.82 Å². The van der Waals surface area contributed by atoms with E-state index in [4.69, 9.17) is 11.6 Å². The van der Waals surface area contributed by atoms with Gasteiger partial charge in [-0.15, -0.1) is 11.6 Å². The Labute approximate surface area is 99.8 Å². The van der Waals surface area contributed by atoms with E-state index in [1.807, 2.05) is 0 Å². The highest BCUT2D eigenvalue weighted by molar-refractivity contribution is 6.17. The molecule has 0 atom stereocenters. The van der Waals surface area contributed by atoms with Crippen molar-refractivity contribution >= 4 is 17.5 Å². The first-order valence-corrected chi connectivity index (χ1v) is 5.83. The van der Waals surface area contributed by atoms with Crippen LogP contribution in [-0.2, 0) is 11.2 Å². The quantitative estimate of drug-likeness (QED) is 0.604. The van der Waals surface area contributed by atoms with Gasteiger partial charge in [0.05, 0.1) is 6.42 Å². The molecule has 1 rings (SSSR count). The SMILES string of the molecule is O=C(Cc1ccc(F)cc1)NCCCCCl. The average molecular weight is 244 g/mol. The number of benzene rings is 1. The third kappa shape index (κ3) is 5.12. The van der Waals surface area contributed by atoms with Crippen LogP contribution in [0.2, 0.25) is 0 Å². The van der Waals surface area contributed by atoms with Crippen molar-refractivity contribution in [3.05, 3.63) is 35.6 Å². The molecule has 0 aromatic heterocycles. The molecule has 0 bridgehead atoms. The highest BCUT2D eigenvalue weighted by Gasteiger charge is 2.02. The smallest absolute Gasteiger partial charge is 0.224 e. The Morgan fingerprint density at radius 1 is 1.25 bits per heavy atom. The van der Waals surface area contributed by atoms with Crippen molar-refractivity contribution in [1.82, 2.24) is 5.32 Å². The van der Waals surface area contributed by atoms with Crippen molar-refractivity contribution in [3.8, 4) is 0 Å². The first kappa shape index (κ1) is 13.0. The molecular weight excluding hydrogens is 229 g/mol. The van der Waals surface area contributed by atoms with Gasteiger partial charge in [-0.1, -0.05) is 12.1 Å². The number of halogens is 2. The van der Waals surface area contributed by atoms with E-state index < -0.39 is 0 Å². The Hall–Kier alpha value is -1.09. The third-order valence-corrected chi connectivity index (χ3v) is 2.43. The molecule has 2 nitrogen and oxygen atoms in total. The zero-order valence-electron chi connectivity index (χ0n) is 9.01. The van der Waals surface area contributed by atoms with Crippen molar-refractivity contribution in [2.75, 3.05) is 12.4 Å². The fourth-order valence-corrected chi connectivity index (χ4v) is 1.49. The Kier molecular flexibility index (Phi) is 5.86. The molecule has 16 heavy (non-hydrogen) atoms. The average Bonchev–Trinajstić information content (AvgIpc) is 2.28. The molecule has 0 saturated heterocycles. The second-order valence-electron chi connectivity index (χ2n) is 3.55. The number of carbonyl (C=O) groups excluding carboxylic acids is 1. The molecule has 88 valence electrons. The summed E-state index contributed by atoms with van der Waals surface area (Å²) in [6.07, 6.45) is 2.08. The summed E-state index contributed by atoms with van der Waals surface area (Å²) in [5.41, 5.74) is 0.816. The maximum absolute atomic E-state index is 12.6. The zero-order valence-corrected chi connectivity index (χ0v) is 9.77. The predicted molar refractivity (Wildman–Crippen MR) is 63.1 cm³/mol. The second-order valence-corrected chi connectivity index (χ2v) is 3.93. The Balaban J connectivity index is 2.26. The monoisotopic (exact) mass is 243 g/mol. The van der Waals surface area contributed by atoms with Crippen LogP contribution in [-0.4, -0.2) is 18.3 Å². The number of carbonyl (C=O) groups is 1. The minimum absolute atomic E-state index is 0.0406. The Morgan fingerprint density at radius 3 is 2.56 bits per heavy atom. The Morgan fingerprint density at radius 2 is 1.94 bits per heavy atom. The van der Waals surface area contributed by atoms with Crippen molar-refractivity contribution in [3.63, 3.8) is 0 Å². The summed E-state index contributed by atoms with van der Waals surface area (Å²) in [4.78, 5) is 11.4. The van der Waals surface area contributed by atoms with Gasteiger partial charge in [-0.05, 0) is 30.5 Å². The Bertz CT molecular complexity index is 326. The van der Waals surface area contributed by atoms with Crippen molar-refractivity contribution in [2.45, 2.75) is 19.3 Å². The lowest BCUT2D eigenvalue weighted by molar-refractivity contribution is -0.120. The minimum Gasteiger partial charge on any atom is -0.356 e. The van der Waals surface area contributed by atoms with Crippen molar-refractivity contribution < 1.29 is 9.18 Å². The normalized spacial score (nSPS) is 10.1. The molecule has 0 aliphatic rings. The summed E-state index contributed by atoms with van der Waals surface area (Å²) in [5.74, 6) is 0.292. The molecule has 0 unspecified atom stereocenters. The van der Waals surface area contributed by atoms with Crippen LogP contribution in [0.1, 0.15) is 18.4 Å². The summed E-state index contributed by atoms with van der Waals surface area (Å²) in [6, 6.07) is 5.95. The van der Waals surface area contributed by atoms with E-state index in [0.717, 1.165) is 18.4 Å². The van der Waals surface area contributed by atoms with Crippen LogP contribution in [0.4, 0.5) is 4.39 Å². The van der Waals surface area contributed by atoms with Gasteiger partial charge in [-0.25, -0.2) is 4.39 Å². The van der Waals surface area contributed by atoms with Gasteiger partial charge in [0.25, 0.3) is 0 Å². The molecule has 0 spiro atoms. The number of alkyl halides is 1. The van der Waals surface area contributed by atoms with Gasteiger partial charge in [-0.2, -0.15) is 0 Å². The highest BCUT2D eigenvalue weighted by Crippen LogP contribution is 2.03. The molecule has 0 saturated carbocycles. The topological polar surface area (TPSA) is 29.1 Å². The zero-order chi connectivity index (χ0) is 11.8. The lowest BCUT2D eigenvalue weighted by Gasteiger charge is -2.04. The second kappa shape index (κ2) is 7.23. The van der Waals surface area contributed by atoms with Crippen LogP contribution in [0.5, 0.6) is 0 Å². The van der Waals surface area contributed by atoms with Gasteiger partial charge in [0.2, 0.25) is 5.91 Å². The summed E-state index contributed by atoms with van der Waals surface area (Å²) in [7, 11) is 0. The number of hydrogen-bond acceptors (Lipinski definition) is 1. The summed E-state index contributed by atoms with van der Waals surface area (Å²) in [5, 5.41) is 2.79. The predicted octanol–water partition coefficient (Wildman–Crippen LogP) is 2.50. The standard InChI is InChI=1S/C12H15ClFNO/c13-7-1-2-8-15-12(16)9-10-3-5-11(14)6-4-10/h3-6H,1-2,7-9H2,(H,15,16).